The summed E-state index contributed by atoms with van der Waals surface area (Å²) in [6.45, 7) is 3.27. The fraction of sp³-hybridized carbons (Fsp3) is 0.462. The number of piperazine rings is 1. The van der Waals surface area contributed by atoms with E-state index in [1.807, 2.05) is 4.90 Å². The lowest BCUT2D eigenvalue weighted by Gasteiger charge is -2.32. The van der Waals surface area contributed by atoms with Crippen LogP contribution in [0.15, 0.2) is 24.3 Å². The van der Waals surface area contributed by atoms with Crippen LogP contribution in [0, 0.1) is 0 Å². The molecule has 1 N–H and O–H groups in total. The van der Waals surface area contributed by atoms with Crippen molar-refractivity contribution in [2.75, 3.05) is 13.1 Å². The Balaban J connectivity index is 2.13. The number of hydrogen-bond donors (Lipinski definition) is 1. The molecule has 1 amide bonds. The molecule has 0 aliphatic carbocycles. The summed E-state index contributed by atoms with van der Waals surface area (Å²) < 4.78 is 37.8. The molecule has 0 radical (unpaired) electrons. The van der Waals surface area contributed by atoms with Gasteiger partial charge < -0.3 is 5.32 Å². The maximum Gasteiger partial charge on any atom is 0.416 e. The monoisotopic (exact) mass is 272 g/mol. The number of nitrogens with one attached hydrogen (secondary N) is 1. The Kier molecular flexibility index (Phi) is 3.80. The van der Waals surface area contributed by atoms with Crippen molar-refractivity contribution in [2.24, 2.45) is 0 Å². The average molecular weight is 272 g/mol. The van der Waals surface area contributed by atoms with Gasteiger partial charge in [0, 0.05) is 19.6 Å². The van der Waals surface area contributed by atoms with E-state index in [1.165, 1.54) is 6.07 Å². The minimum atomic E-state index is -4.33. The van der Waals surface area contributed by atoms with Crippen molar-refractivity contribution in [3.05, 3.63) is 35.4 Å². The normalized spacial score (nSPS) is 21.3. The summed E-state index contributed by atoms with van der Waals surface area (Å²) in [4.78, 5) is 13.4. The first kappa shape index (κ1) is 13.9. The van der Waals surface area contributed by atoms with Gasteiger partial charge in [0.1, 0.15) is 0 Å². The van der Waals surface area contributed by atoms with E-state index < -0.39 is 11.7 Å². The fourth-order valence-electron chi connectivity index (χ4n) is 2.13. The third-order valence-corrected chi connectivity index (χ3v) is 3.27. The first-order valence-corrected chi connectivity index (χ1v) is 6.06. The van der Waals surface area contributed by atoms with Crippen LogP contribution in [-0.4, -0.2) is 29.9 Å². The van der Waals surface area contributed by atoms with Crippen LogP contribution in [0.25, 0.3) is 0 Å². The maximum atomic E-state index is 12.6. The molecule has 0 saturated carbocycles. The van der Waals surface area contributed by atoms with Crippen LogP contribution in [0.5, 0.6) is 0 Å². The standard InChI is InChI=1S/C13H15F3N2O/c1-9-12(19)17-5-6-18(9)8-10-3-2-4-11(7-10)13(14,15)16/h2-4,7,9H,5-6,8H2,1H3,(H,17,19)/t9-/m1/s1. The molecule has 0 bridgehead atoms. The Bertz CT molecular complexity index is 473. The zero-order chi connectivity index (χ0) is 14.0. The van der Waals surface area contributed by atoms with Gasteiger partial charge >= 0.3 is 6.18 Å². The molecule has 1 aliphatic rings. The molecule has 1 heterocycles. The summed E-state index contributed by atoms with van der Waals surface area (Å²) in [5.41, 5.74) is -0.0875. The second-order valence-electron chi connectivity index (χ2n) is 4.64. The maximum absolute atomic E-state index is 12.6. The van der Waals surface area contributed by atoms with Crippen molar-refractivity contribution in [1.82, 2.24) is 10.2 Å². The van der Waals surface area contributed by atoms with Crippen LogP contribution in [0.3, 0.4) is 0 Å². The molecule has 19 heavy (non-hydrogen) atoms. The number of alkyl halides is 3. The summed E-state index contributed by atoms with van der Waals surface area (Å²) in [7, 11) is 0. The van der Waals surface area contributed by atoms with Gasteiger partial charge in [-0.15, -0.1) is 0 Å². The molecule has 1 aromatic rings. The van der Waals surface area contributed by atoms with Gasteiger partial charge in [-0.05, 0) is 18.6 Å². The number of halogens is 3. The van der Waals surface area contributed by atoms with Crippen molar-refractivity contribution in [2.45, 2.75) is 25.7 Å². The topological polar surface area (TPSA) is 32.3 Å². The molecule has 1 saturated heterocycles. The Labute approximate surface area is 109 Å². The van der Waals surface area contributed by atoms with Crippen molar-refractivity contribution >= 4 is 5.91 Å². The molecule has 0 aromatic heterocycles. The van der Waals surface area contributed by atoms with E-state index >= 15 is 0 Å². The van der Waals surface area contributed by atoms with Crippen LogP contribution < -0.4 is 5.32 Å². The van der Waals surface area contributed by atoms with Crippen molar-refractivity contribution in [3.63, 3.8) is 0 Å². The number of rotatable bonds is 2. The molecule has 3 nitrogen and oxygen atoms in total. The van der Waals surface area contributed by atoms with E-state index in [4.69, 9.17) is 0 Å². The van der Waals surface area contributed by atoms with Crippen molar-refractivity contribution in [3.8, 4) is 0 Å². The van der Waals surface area contributed by atoms with Gasteiger partial charge in [-0.1, -0.05) is 18.2 Å². The number of hydrogen-bond acceptors (Lipinski definition) is 2. The third kappa shape index (κ3) is 3.26. The average Bonchev–Trinajstić information content (AvgIpc) is 2.34. The number of amides is 1. The van der Waals surface area contributed by atoms with Crippen molar-refractivity contribution in [1.29, 1.82) is 0 Å². The van der Waals surface area contributed by atoms with Gasteiger partial charge in [0.25, 0.3) is 0 Å². The molecule has 1 aromatic carbocycles. The van der Waals surface area contributed by atoms with E-state index in [0.717, 1.165) is 12.1 Å². The molecule has 104 valence electrons. The minimum absolute atomic E-state index is 0.0850. The van der Waals surface area contributed by atoms with Gasteiger partial charge in [0.2, 0.25) is 5.91 Å². The summed E-state index contributed by atoms with van der Waals surface area (Å²) in [5.74, 6) is -0.0850. The van der Waals surface area contributed by atoms with Crippen LogP contribution in [0.1, 0.15) is 18.1 Å². The third-order valence-electron chi connectivity index (χ3n) is 3.27. The summed E-state index contributed by atoms with van der Waals surface area (Å²) in [5, 5.41) is 2.72. The van der Waals surface area contributed by atoms with Crippen LogP contribution in [-0.2, 0) is 17.5 Å². The molecule has 1 atom stereocenters. The van der Waals surface area contributed by atoms with E-state index in [-0.39, 0.29) is 11.9 Å². The van der Waals surface area contributed by atoms with E-state index in [0.29, 0.717) is 25.2 Å². The van der Waals surface area contributed by atoms with Gasteiger partial charge in [-0.3, -0.25) is 9.69 Å². The van der Waals surface area contributed by atoms with Crippen LogP contribution in [0.2, 0.25) is 0 Å². The predicted molar refractivity (Wildman–Crippen MR) is 64.3 cm³/mol. The largest absolute Gasteiger partial charge is 0.416 e. The highest BCUT2D eigenvalue weighted by Crippen LogP contribution is 2.29. The van der Waals surface area contributed by atoms with E-state index in [9.17, 15) is 18.0 Å². The van der Waals surface area contributed by atoms with Gasteiger partial charge in [0.05, 0.1) is 11.6 Å². The highest BCUT2D eigenvalue weighted by Gasteiger charge is 2.31. The number of nitrogens with zero attached hydrogens (tertiary/aromatic N) is 1. The molecule has 2 rings (SSSR count). The molecule has 0 spiro atoms. The highest BCUT2D eigenvalue weighted by molar-refractivity contribution is 5.81. The summed E-state index contributed by atoms with van der Waals surface area (Å²) in [6, 6.07) is 4.92. The lowest BCUT2D eigenvalue weighted by Crippen LogP contribution is -2.53. The summed E-state index contributed by atoms with van der Waals surface area (Å²) >= 11 is 0. The second-order valence-corrected chi connectivity index (χ2v) is 4.64. The summed E-state index contributed by atoms with van der Waals surface area (Å²) in [6.07, 6.45) is -4.33. The number of carbonyl (C=O) groups excluding carboxylic acids is 1. The lowest BCUT2D eigenvalue weighted by molar-refractivity contribution is -0.137. The Morgan fingerprint density at radius 2 is 2.16 bits per heavy atom. The molecular formula is C13H15F3N2O. The zero-order valence-electron chi connectivity index (χ0n) is 10.5. The van der Waals surface area contributed by atoms with Gasteiger partial charge in [-0.25, -0.2) is 0 Å². The first-order valence-electron chi connectivity index (χ1n) is 6.06. The minimum Gasteiger partial charge on any atom is -0.353 e. The smallest absolute Gasteiger partial charge is 0.353 e. The lowest BCUT2D eigenvalue weighted by atomic mass is 10.1. The Morgan fingerprint density at radius 1 is 1.42 bits per heavy atom. The highest BCUT2D eigenvalue weighted by atomic mass is 19.4. The van der Waals surface area contributed by atoms with Crippen LogP contribution >= 0.6 is 0 Å². The molecular weight excluding hydrogens is 257 g/mol. The molecule has 1 aliphatic heterocycles. The second kappa shape index (κ2) is 5.21. The van der Waals surface area contributed by atoms with Crippen LogP contribution in [0.4, 0.5) is 13.2 Å². The quantitative estimate of drug-likeness (QED) is 0.893. The first-order chi connectivity index (χ1) is 8.88. The van der Waals surface area contributed by atoms with Gasteiger partial charge in [0.15, 0.2) is 0 Å². The number of carbonyl (C=O) groups is 1. The van der Waals surface area contributed by atoms with Gasteiger partial charge in [-0.2, -0.15) is 13.2 Å². The number of benzene rings is 1. The SMILES string of the molecule is C[C@@H]1C(=O)NCCN1Cc1cccc(C(F)(F)F)c1. The fourth-order valence-corrected chi connectivity index (χ4v) is 2.13. The van der Waals surface area contributed by atoms with E-state index in [1.54, 1.807) is 13.0 Å². The predicted octanol–water partition coefficient (Wildman–Crippen LogP) is 2.03. The molecule has 6 heteroatoms. The zero-order valence-corrected chi connectivity index (χ0v) is 10.5. The molecule has 1 fully saturated rings. The van der Waals surface area contributed by atoms with E-state index in [2.05, 4.69) is 5.32 Å². The Hall–Kier alpha value is -1.56. The molecule has 0 unspecified atom stereocenters. The van der Waals surface area contributed by atoms with Crippen molar-refractivity contribution < 1.29 is 18.0 Å². The Morgan fingerprint density at radius 3 is 2.84 bits per heavy atom.